The summed E-state index contributed by atoms with van der Waals surface area (Å²) in [6.45, 7) is 0.368. The summed E-state index contributed by atoms with van der Waals surface area (Å²) >= 11 is 5.66. The molecule has 0 atom stereocenters. The largest absolute Gasteiger partial charge is 0.311 e. The first-order valence-electron chi connectivity index (χ1n) is 5.64. The van der Waals surface area contributed by atoms with Crippen molar-refractivity contribution in [2.24, 2.45) is 0 Å². The molecule has 20 heavy (non-hydrogen) atoms. The van der Waals surface area contributed by atoms with Crippen LogP contribution in [0.1, 0.15) is 6.42 Å². The first kappa shape index (κ1) is 13.9. The molecule has 0 unspecified atom stereocenters. The maximum absolute atomic E-state index is 11.7. The van der Waals surface area contributed by atoms with E-state index in [0.29, 0.717) is 6.54 Å². The molecule has 1 N–H and O–H groups in total. The van der Waals surface area contributed by atoms with Crippen molar-refractivity contribution >= 4 is 29.0 Å². The normalized spacial score (nSPS) is 10.2. The molecule has 2 heterocycles. The van der Waals surface area contributed by atoms with Crippen molar-refractivity contribution in [3.63, 3.8) is 0 Å². The summed E-state index contributed by atoms with van der Waals surface area (Å²) in [5.74, 6) is -0.564. The molecule has 2 aromatic rings. The Kier molecular flexibility index (Phi) is 4.26. The molecule has 0 bridgehead atoms. The number of anilines is 1. The van der Waals surface area contributed by atoms with Gasteiger partial charge in [-0.25, -0.2) is 4.98 Å². The highest BCUT2D eigenvalue weighted by Gasteiger charge is 2.17. The van der Waals surface area contributed by atoms with Crippen molar-refractivity contribution in [2.45, 2.75) is 13.0 Å². The quantitative estimate of drug-likeness (QED) is 0.515. The fourth-order valence-electron chi connectivity index (χ4n) is 1.51. The molecule has 1 amide bonds. The van der Waals surface area contributed by atoms with Crippen LogP contribution >= 0.6 is 11.6 Å². The highest BCUT2D eigenvalue weighted by atomic mass is 35.5. The second kappa shape index (κ2) is 6.11. The molecule has 2 aromatic heterocycles. The number of amides is 1. The van der Waals surface area contributed by atoms with E-state index in [2.05, 4.69) is 15.4 Å². The number of rotatable bonds is 5. The van der Waals surface area contributed by atoms with Crippen LogP contribution < -0.4 is 5.32 Å². The molecule has 0 saturated heterocycles. The Balaban J connectivity index is 2.03. The van der Waals surface area contributed by atoms with Crippen LogP contribution in [0.5, 0.6) is 0 Å². The molecule has 8 nitrogen and oxygen atoms in total. The molecule has 0 aliphatic carbocycles. The third-order valence-electron chi connectivity index (χ3n) is 2.42. The zero-order valence-corrected chi connectivity index (χ0v) is 10.9. The Hall–Kier alpha value is -2.48. The molecular formula is C11H10ClN5O3. The number of hydrogen-bond donors (Lipinski definition) is 1. The minimum Gasteiger partial charge on any atom is -0.305 e. The van der Waals surface area contributed by atoms with Crippen LogP contribution in [0.25, 0.3) is 0 Å². The van der Waals surface area contributed by atoms with Gasteiger partial charge in [-0.3, -0.25) is 19.6 Å². The summed E-state index contributed by atoms with van der Waals surface area (Å²) in [6.07, 6.45) is 3.43. The smallest absolute Gasteiger partial charge is 0.305 e. The molecular weight excluding hydrogens is 286 g/mol. The fraction of sp³-hybridized carbons (Fsp3) is 0.182. The van der Waals surface area contributed by atoms with E-state index in [1.54, 1.807) is 23.1 Å². The predicted octanol–water partition coefficient (Wildman–Crippen LogP) is 1.87. The molecule has 0 aliphatic heterocycles. The second-order valence-electron chi connectivity index (χ2n) is 3.83. The minimum atomic E-state index is -0.632. The Bertz CT molecular complexity index is 629. The number of carbonyl (C=O) groups excluding carboxylic acids is 1. The second-order valence-corrected chi connectivity index (χ2v) is 4.21. The van der Waals surface area contributed by atoms with Gasteiger partial charge >= 0.3 is 5.69 Å². The van der Waals surface area contributed by atoms with E-state index in [4.69, 9.17) is 11.6 Å². The lowest BCUT2D eigenvalue weighted by Gasteiger charge is -2.05. The maximum Gasteiger partial charge on any atom is 0.311 e. The van der Waals surface area contributed by atoms with Crippen LogP contribution in [-0.2, 0) is 11.3 Å². The zero-order chi connectivity index (χ0) is 14.5. The molecule has 0 radical (unpaired) electrons. The number of hydrogen-bond acceptors (Lipinski definition) is 5. The number of carbonyl (C=O) groups is 1. The van der Waals surface area contributed by atoms with Crippen molar-refractivity contribution in [1.29, 1.82) is 0 Å². The van der Waals surface area contributed by atoms with Gasteiger partial charge in [0, 0.05) is 31.4 Å². The van der Waals surface area contributed by atoms with Gasteiger partial charge in [-0.2, -0.15) is 5.10 Å². The van der Waals surface area contributed by atoms with E-state index in [-0.39, 0.29) is 23.1 Å². The zero-order valence-electron chi connectivity index (χ0n) is 10.2. The number of nitro groups is 1. The minimum absolute atomic E-state index is 0.0676. The maximum atomic E-state index is 11.7. The van der Waals surface area contributed by atoms with Crippen LogP contribution in [0.3, 0.4) is 0 Å². The number of nitrogens with one attached hydrogen (secondary N) is 1. The predicted molar refractivity (Wildman–Crippen MR) is 71.4 cm³/mol. The van der Waals surface area contributed by atoms with Gasteiger partial charge in [-0.1, -0.05) is 11.6 Å². The average Bonchev–Trinajstić information content (AvgIpc) is 2.89. The molecule has 0 spiro atoms. The Labute approximate surface area is 118 Å². The summed E-state index contributed by atoms with van der Waals surface area (Å²) in [5, 5.41) is 17.2. The van der Waals surface area contributed by atoms with Crippen LogP contribution in [0, 0.1) is 10.1 Å². The first-order chi connectivity index (χ1) is 9.56. The van der Waals surface area contributed by atoms with Crippen molar-refractivity contribution in [3.05, 3.63) is 45.9 Å². The van der Waals surface area contributed by atoms with Gasteiger partial charge in [0.1, 0.15) is 5.15 Å². The van der Waals surface area contributed by atoms with Gasteiger partial charge in [-0.15, -0.1) is 0 Å². The van der Waals surface area contributed by atoms with Gasteiger partial charge in [0.2, 0.25) is 11.7 Å². The molecule has 9 heteroatoms. The highest BCUT2D eigenvalue weighted by molar-refractivity contribution is 6.29. The van der Waals surface area contributed by atoms with E-state index in [9.17, 15) is 14.9 Å². The number of halogens is 1. The van der Waals surface area contributed by atoms with Crippen LogP contribution in [0.2, 0.25) is 5.15 Å². The van der Waals surface area contributed by atoms with E-state index in [1.165, 1.54) is 12.1 Å². The molecule has 2 rings (SSSR count). The van der Waals surface area contributed by atoms with Crippen LogP contribution in [0.15, 0.2) is 30.6 Å². The summed E-state index contributed by atoms with van der Waals surface area (Å²) in [6, 6.07) is 4.22. The highest BCUT2D eigenvalue weighted by Crippen LogP contribution is 2.23. The summed E-state index contributed by atoms with van der Waals surface area (Å²) in [5.41, 5.74) is -0.304. The SMILES string of the molecule is O=C(CCn1cccn1)Nc1nc(Cl)ccc1[N+](=O)[O-]. The van der Waals surface area contributed by atoms with Crippen LogP contribution in [0.4, 0.5) is 11.5 Å². The van der Waals surface area contributed by atoms with Gasteiger partial charge in [-0.05, 0) is 12.1 Å². The van der Waals surface area contributed by atoms with E-state index in [1.807, 2.05) is 0 Å². The standard InChI is InChI=1S/C11H10ClN5O3/c12-9-3-2-8(17(19)20)11(14-9)15-10(18)4-7-16-6-1-5-13-16/h1-3,5-6H,4,7H2,(H,14,15,18). The Morgan fingerprint density at radius 2 is 2.30 bits per heavy atom. The van der Waals surface area contributed by atoms with Gasteiger partial charge in [0.05, 0.1) is 4.92 Å². The monoisotopic (exact) mass is 295 g/mol. The Morgan fingerprint density at radius 1 is 1.50 bits per heavy atom. The van der Waals surface area contributed by atoms with E-state index in [0.717, 1.165) is 0 Å². The lowest BCUT2D eigenvalue weighted by Crippen LogP contribution is -2.16. The third-order valence-corrected chi connectivity index (χ3v) is 2.63. The topological polar surface area (TPSA) is 103 Å². The lowest BCUT2D eigenvalue weighted by atomic mass is 10.3. The van der Waals surface area contributed by atoms with Crippen molar-refractivity contribution in [2.75, 3.05) is 5.32 Å². The summed E-state index contributed by atoms with van der Waals surface area (Å²) in [4.78, 5) is 25.7. The summed E-state index contributed by atoms with van der Waals surface area (Å²) in [7, 11) is 0. The molecule has 0 fully saturated rings. The summed E-state index contributed by atoms with van der Waals surface area (Å²) < 4.78 is 1.58. The van der Waals surface area contributed by atoms with Gasteiger partial charge in [0.25, 0.3) is 0 Å². The average molecular weight is 296 g/mol. The molecule has 0 aliphatic rings. The fourth-order valence-corrected chi connectivity index (χ4v) is 1.66. The number of pyridine rings is 1. The third kappa shape index (κ3) is 3.51. The number of aryl methyl sites for hydroxylation is 1. The van der Waals surface area contributed by atoms with E-state index >= 15 is 0 Å². The number of aromatic nitrogens is 3. The molecule has 0 saturated carbocycles. The Morgan fingerprint density at radius 3 is 2.95 bits per heavy atom. The first-order valence-corrected chi connectivity index (χ1v) is 6.02. The van der Waals surface area contributed by atoms with Crippen molar-refractivity contribution < 1.29 is 9.72 Å². The van der Waals surface area contributed by atoms with Gasteiger partial charge in [0.15, 0.2) is 0 Å². The van der Waals surface area contributed by atoms with Crippen LogP contribution in [-0.4, -0.2) is 25.6 Å². The number of nitrogens with zero attached hydrogens (tertiary/aromatic N) is 4. The van der Waals surface area contributed by atoms with Gasteiger partial charge < -0.3 is 5.32 Å². The molecule has 0 aromatic carbocycles. The van der Waals surface area contributed by atoms with Crippen molar-refractivity contribution in [3.8, 4) is 0 Å². The van der Waals surface area contributed by atoms with E-state index < -0.39 is 10.8 Å². The van der Waals surface area contributed by atoms with Crippen molar-refractivity contribution in [1.82, 2.24) is 14.8 Å². The lowest BCUT2D eigenvalue weighted by molar-refractivity contribution is -0.384. The molecule has 104 valence electrons.